The first-order chi connectivity index (χ1) is 14.1. The summed E-state index contributed by atoms with van der Waals surface area (Å²) >= 11 is 1.27. The second-order valence-corrected chi connectivity index (χ2v) is 7.36. The number of nitrogens with two attached hydrogens (primary N) is 1. The van der Waals surface area contributed by atoms with Crippen LogP contribution in [0.15, 0.2) is 29.6 Å². The molecule has 3 rings (SSSR count). The third kappa shape index (κ3) is 5.89. The van der Waals surface area contributed by atoms with E-state index in [-0.39, 0.29) is 18.4 Å². The van der Waals surface area contributed by atoms with Crippen molar-refractivity contribution in [3.05, 3.63) is 35.3 Å². The van der Waals surface area contributed by atoms with Crippen molar-refractivity contribution in [3.63, 3.8) is 0 Å². The number of carbonyl (C=O) groups is 2. The Bertz CT molecular complexity index is 836. The summed E-state index contributed by atoms with van der Waals surface area (Å²) in [5.41, 5.74) is 7.24. The molecule has 29 heavy (non-hydrogen) atoms. The summed E-state index contributed by atoms with van der Waals surface area (Å²) < 4.78 is 10.4. The average molecular weight is 420 g/mol. The molecule has 156 valence electrons. The van der Waals surface area contributed by atoms with Crippen molar-refractivity contribution in [2.45, 2.75) is 0 Å². The predicted molar refractivity (Wildman–Crippen MR) is 112 cm³/mol. The zero-order valence-corrected chi connectivity index (χ0v) is 17.1. The number of hydrogen-bond acceptors (Lipinski definition) is 8. The molecule has 2 amide bonds. The molecule has 0 spiro atoms. The summed E-state index contributed by atoms with van der Waals surface area (Å²) in [6.07, 6.45) is 0. The average Bonchev–Trinajstić information content (AvgIpc) is 3.18. The number of ether oxygens (including phenoxy) is 2. The van der Waals surface area contributed by atoms with Crippen LogP contribution in [0.1, 0.15) is 10.5 Å². The number of amides is 2. The minimum absolute atomic E-state index is 0.269. The molecule has 0 atom stereocenters. The van der Waals surface area contributed by atoms with Crippen molar-refractivity contribution in [3.8, 4) is 5.19 Å². The normalized spacial score (nSPS) is 14.6. The Morgan fingerprint density at radius 2 is 1.97 bits per heavy atom. The number of hydrogen-bond donors (Lipinski definition) is 2. The first-order valence-electron chi connectivity index (χ1n) is 9.30. The van der Waals surface area contributed by atoms with E-state index in [0.717, 1.165) is 37.6 Å². The first kappa shape index (κ1) is 21.0. The highest BCUT2D eigenvalue weighted by Gasteiger charge is 2.21. The Morgan fingerprint density at radius 1 is 1.21 bits per heavy atom. The van der Waals surface area contributed by atoms with Gasteiger partial charge in [-0.25, -0.2) is 0 Å². The van der Waals surface area contributed by atoms with Crippen LogP contribution < -0.4 is 20.7 Å². The molecule has 2 heterocycles. The van der Waals surface area contributed by atoms with Crippen LogP contribution in [-0.2, 0) is 9.53 Å². The van der Waals surface area contributed by atoms with E-state index in [4.69, 9.17) is 15.2 Å². The van der Waals surface area contributed by atoms with Gasteiger partial charge in [0.2, 0.25) is 5.91 Å². The molecule has 1 aliphatic heterocycles. The Balaban J connectivity index is 1.62. The fourth-order valence-corrected chi connectivity index (χ4v) is 3.72. The SMILES string of the molecule is COCCOc1nc(C(=O)Nc2ccccc2N2CCN(CC(N)=O)CC2)cs1. The summed E-state index contributed by atoms with van der Waals surface area (Å²) in [7, 11) is 1.60. The lowest BCUT2D eigenvalue weighted by Crippen LogP contribution is -2.49. The first-order valence-corrected chi connectivity index (χ1v) is 10.2. The Kier molecular flexibility index (Phi) is 7.39. The van der Waals surface area contributed by atoms with E-state index in [1.54, 1.807) is 12.5 Å². The summed E-state index contributed by atoms with van der Waals surface area (Å²) in [5, 5.41) is 5.05. The molecule has 1 aromatic heterocycles. The quantitative estimate of drug-likeness (QED) is 0.584. The molecule has 9 nitrogen and oxygen atoms in total. The molecule has 0 unspecified atom stereocenters. The number of benzene rings is 1. The third-order valence-corrected chi connectivity index (χ3v) is 5.23. The van der Waals surface area contributed by atoms with E-state index < -0.39 is 0 Å². The fourth-order valence-electron chi connectivity index (χ4n) is 3.05. The number of rotatable bonds is 9. The highest BCUT2D eigenvalue weighted by atomic mass is 32.1. The van der Waals surface area contributed by atoms with Crippen LogP contribution in [0, 0.1) is 0 Å². The van der Waals surface area contributed by atoms with Crippen LogP contribution in [-0.4, -0.2) is 74.7 Å². The maximum atomic E-state index is 12.6. The highest BCUT2D eigenvalue weighted by Crippen LogP contribution is 2.27. The van der Waals surface area contributed by atoms with Gasteiger partial charge in [-0.15, -0.1) is 0 Å². The number of methoxy groups -OCH3 is 1. The van der Waals surface area contributed by atoms with E-state index in [2.05, 4.69) is 15.2 Å². The number of thiazole rings is 1. The van der Waals surface area contributed by atoms with E-state index in [1.165, 1.54) is 11.3 Å². The minimum Gasteiger partial charge on any atom is -0.468 e. The van der Waals surface area contributed by atoms with E-state index in [0.29, 0.717) is 24.1 Å². The van der Waals surface area contributed by atoms with Gasteiger partial charge in [-0.3, -0.25) is 14.5 Å². The zero-order chi connectivity index (χ0) is 20.6. The van der Waals surface area contributed by atoms with Crippen molar-refractivity contribution >= 4 is 34.5 Å². The molecule has 1 fully saturated rings. The van der Waals surface area contributed by atoms with Crippen molar-refractivity contribution in [2.24, 2.45) is 5.73 Å². The van der Waals surface area contributed by atoms with Crippen LogP contribution in [0.5, 0.6) is 5.19 Å². The molecule has 0 radical (unpaired) electrons. The highest BCUT2D eigenvalue weighted by molar-refractivity contribution is 7.11. The second-order valence-electron chi connectivity index (χ2n) is 6.54. The van der Waals surface area contributed by atoms with Crippen LogP contribution >= 0.6 is 11.3 Å². The van der Waals surface area contributed by atoms with Crippen LogP contribution in [0.25, 0.3) is 0 Å². The Hall–Kier alpha value is -2.69. The number of para-hydroxylation sites is 2. The van der Waals surface area contributed by atoms with Crippen molar-refractivity contribution in [1.82, 2.24) is 9.88 Å². The largest absolute Gasteiger partial charge is 0.468 e. The van der Waals surface area contributed by atoms with Gasteiger partial charge < -0.3 is 25.4 Å². The number of primary amides is 1. The van der Waals surface area contributed by atoms with E-state index in [1.807, 2.05) is 29.2 Å². The number of aromatic nitrogens is 1. The van der Waals surface area contributed by atoms with Crippen molar-refractivity contribution in [2.75, 3.05) is 63.3 Å². The molecule has 10 heteroatoms. The third-order valence-electron chi connectivity index (χ3n) is 4.47. The molecule has 0 aliphatic carbocycles. The molecule has 2 aromatic rings. The number of nitrogens with zero attached hydrogens (tertiary/aromatic N) is 3. The van der Waals surface area contributed by atoms with Gasteiger partial charge in [-0.05, 0) is 12.1 Å². The lowest BCUT2D eigenvalue weighted by Gasteiger charge is -2.36. The maximum absolute atomic E-state index is 12.6. The molecule has 0 bridgehead atoms. The monoisotopic (exact) mass is 419 g/mol. The molecular weight excluding hydrogens is 394 g/mol. The molecule has 0 saturated carbocycles. The lowest BCUT2D eigenvalue weighted by molar-refractivity contribution is -0.119. The predicted octanol–water partition coefficient (Wildman–Crippen LogP) is 1.03. The smallest absolute Gasteiger partial charge is 0.275 e. The van der Waals surface area contributed by atoms with Crippen molar-refractivity contribution in [1.29, 1.82) is 0 Å². The summed E-state index contributed by atoms with van der Waals surface area (Å²) in [5.74, 6) is -0.609. The Morgan fingerprint density at radius 3 is 2.69 bits per heavy atom. The van der Waals surface area contributed by atoms with E-state index in [9.17, 15) is 9.59 Å². The topological polar surface area (TPSA) is 110 Å². The number of nitrogens with one attached hydrogen (secondary N) is 1. The van der Waals surface area contributed by atoms with Crippen molar-refractivity contribution < 1.29 is 19.1 Å². The van der Waals surface area contributed by atoms with Gasteiger partial charge in [0.05, 0.1) is 24.5 Å². The van der Waals surface area contributed by atoms with Gasteiger partial charge in [-0.2, -0.15) is 4.98 Å². The van der Waals surface area contributed by atoms with Crippen LogP contribution in [0.2, 0.25) is 0 Å². The van der Waals surface area contributed by atoms with Gasteiger partial charge in [0, 0.05) is 38.7 Å². The van der Waals surface area contributed by atoms with Crippen LogP contribution in [0.3, 0.4) is 0 Å². The number of piperazine rings is 1. The lowest BCUT2D eigenvalue weighted by atomic mass is 10.2. The molecule has 1 aromatic carbocycles. The standard InChI is InChI=1S/C19H25N5O4S/c1-27-10-11-28-19-22-15(13-29-19)18(26)21-14-4-2-3-5-16(14)24-8-6-23(7-9-24)12-17(20)25/h2-5,13H,6-12H2,1H3,(H2,20,25)(H,21,26). The van der Waals surface area contributed by atoms with E-state index >= 15 is 0 Å². The fraction of sp³-hybridized carbons (Fsp3) is 0.421. The van der Waals surface area contributed by atoms with Gasteiger partial charge in [0.25, 0.3) is 11.1 Å². The number of carbonyl (C=O) groups excluding carboxylic acids is 2. The van der Waals surface area contributed by atoms with Gasteiger partial charge in [0.1, 0.15) is 12.3 Å². The minimum atomic E-state index is -0.319. The zero-order valence-electron chi connectivity index (χ0n) is 16.3. The number of anilines is 2. The maximum Gasteiger partial charge on any atom is 0.275 e. The molecule has 3 N–H and O–H groups in total. The molecular formula is C19H25N5O4S. The molecule has 1 aliphatic rings. The second kappa shape index (κ2) is 10.2. The van der Waals surface area contributed by atoms with Crippen LogP contribution in [0.4, 0.5) is 11.4 Å². The summed E-state index contributed by atoms with van der Waals surface area (Å²) in [6, 6.07) is 7.65. The molecule has 1 saturated heterocycles. The summed E-state index contributed by atoms with van der Waals surface area (Å²) in [4.78, 5) is 32.2. The summed E-state index contributed by atoms with van der Waals surface area (Å²) in [6.45, 7) is 4.07. The van der Waals surface area contributed by atoms with Gasteiger partial charge >= 0.3 is 0 Å². The van der Waals surface area contributed by atoms with Gasteiger partial charge in [0.15, 0.2) is 0 Å². The Labute approximate surface area is 173 Å². The van der Waals surface area contributed by atoms with Gasteiger partial charge in [-0.1, -0.05) is 23.5 Å².